The van der Waals surface area contributed by atoms with Gasteiger partial charge in [-0.2, -0.15) is 0 Å². The van der Waals surface area contributed by atoms with E-state index >= 15 is 0 Å². The lowest BCUT2D eigenvalue weighted by Crippen LogP contribution is -2.11. The van der Waals surface area contributed by atoms with Crippen molar-refractivity contribution in [1.82, 2.24) is 0 Å². The van der Waals surface area contributed by atoms with Crippen LogP contribution in [0.3, 0.4) is 0 Å². The van der Waals surface area contributed by atoms with Crippen molar-refractivity contribution in [2.45, 2.75) is 32.9 Å². The van der Waals surface area contributed by atoms with E-state index < -0.39 is 9.04 Å². The van der Waals surface area contributed by atoms with E-state index in [9.17, 15) is 0 Å². The summed E-state index contributed by atoms with van der Waals surface area (Å²) < 4.78 is 5.48. The minimum Gasteiger partial charge on any atom is -0.420 e. The van der Waals surface area contributed by atoms with Crippen molar-refractivity contribution in [2.75, 3.05) is 6.61 Å². The lowest BCUT2D eigenvalue weighted by Gasteiger charge is -2.05. The van der Waals surface area contributed by atoms with Gasteiger partial charge in [0.1, 0.15) is 0 Å². The van der Waals surface area contributed by atoms with Crippen LogP contribution >= 0.6 is 0 Å². The van der Waals surface area contributed by atoms with Crippen molar-refractivity contribution >= 4 is 9.04 Å². The first kappa shape index (κ1) is 8.18. The van der Waals surface area contributed by atoms with Crippen LogP contribution in [0.4, 0.5) is 0 Å². The quantitative estimate of drug-likeness (QED) is 0.530. The third-order valence-corrected chi connectivity index (χ3v) is 3.14. The van der Waals surface area contributed by atoms with Gasteiger partial charge in [-0.3, -0.25) is 0 Å². The molecule has 50 valence electrons. The second-order valence-electron chi connectivity index (χ2n) is 2.09. The van der Waals surface area contributed by atoms with E-state index in [0.717, 1.165) is 13.0 Å². The molecule has 0 radical (unpaired) electrons. The Hall–Kier alpha value is 0.177. The van der Waals surface area contributed by atoms with Gasteiger partial charge in [0.15, 0.2) is 9.04 Å². The van der Waals surface area contributed by atoms with Crippen LogP contribution in [0.25, 0.3) is 0 Å². The highest BCUT2D eigenvalue weighted by atomic mass is 28.3. The minimum atomic E-state index is -0.699. The molecule has 0 aliphatic rings. The van der Waals surface area contributed by atoms with Gasteiger partial charge in [-0.1, -0.05) is 13.8 Å². The molecule has 0 aromatic rings. The Kier molecular flexibility index (Phi) is 5.43. The molecule has 0 spiro atoms. The molecule has 0 fully saturated rings. The molecule has 0 aromatic carbocycles. The first-order valence-electron chi connectivity index (χ1n) is 3.42. The summed E-state index contributed by atoms with van der Waals surface area (Å²) in [5.74, 6) is 0. The summed E-state index contributed by atoms with van der Waals surface area (Å²) in [7, 11) is -0.699. The summed E-state index contributed by atoms with van der Waals surface area (Å²) in [6.45, 7) is 7.57. The first-order valence-corrected chi connectivity index (χ1v) is 5.87. The SMILES string of the molecule is CCCO[SiH](C)CC. The van der Waals surface area contributed by atoms with Gasteiger partial charge < -0.3 is 4.43 Å². The molecule has 1 atom stereocenters. The second kappa shape index (κ2) is 5.32. The maximum atomic E-state index is 5.48. The van der Waals surface area contributed by atoms with Gasteiger partial charge in [0.2, 0.25) is 0 Å². The fraction of sp³-hybridized carbons (Fsp3) is 1.00. The van der Waals surface area contributed by atoms with Gasteiger partial charge in [-0.25, -0.2) is 0 Å². The van der Waals surface area contributed by atoms with Crippen LogP contribution in [0.5, 0.6) is 0 Å². The minimum absolute atomic E-state index is 0.699. The zero-order valence-corrected chi connectivity index (χ0v) is 7.26. The Balaban J connectivity index is 2.86. The summed E-state index contributed by atoms with van der Waals surface area (Å²) in [5, 5.41) is 0. The summed E-state index contributed by atoms with van der Waals surface area (Å²) in [4.78, 5) is 0. The summed E-state index contributed by atoms with van der Waals surface area (Å²) in [6.07, 6.45) is 1.16. The Bertz CT molecular complexity index is 47.8. The molecule has 1 nitrogen and oxygen atoms in total. The molecular formula is C6H16OSi. The average molecular weight is 132 g/mol. The van der Waals surface area contributed by atoms with Gasteiger partial charge in [0.05, 0.1) is 0 Å². The second-order valence-corrected chi connectivity index (χ2v) is 4.86. The third kappa shape index (κ3) is 4.34. The number of rotatable bonds is 4. The van der Waals surface area contributed by atoms with E-state index in [-0.39, 0.29) is 0 Å². The molecule has 0 saturated carbocycles. The van der Waals surface area contributed by atoms with Crippen molar-refractivity contribution in [1.29, 1.82) is 0 Å². The van der Waals surface area contributed by atoms with Crippen LogP contribution in [-0.2, 0) is 4.43 Å². The standard InChI is InChI=1S/C6H16OSi/c1-4-6-7-8(3)5-2/h8H,4-6H2,1-3H3. The molecule has 0 amide bonds. The van der Waals surface area contributed by atoms with Gasteiger partial charge >= 0.3 is 0 Å². The third-order valence-electron chi connectivity index (χ3n) is 1.18. The lowest BCUT2D eigenvalue weighted by atomic mass is 10.5. The number of hydrogen-bond donors (Lipinski definition) is 0. The van der Waals surface area contributed by atoms with Gasteiger partial charge in [-0.15, -0.1) is 0 Å². The monoisotopic (exact) mass is 132 g/mol. The molecule has 8 heavy (non-hydrogen) atoms. The normalized spacial score (nSPS) is 13.9. The van der Waals surface area contributed by atoms with E-state index in [0.29, 0.717) is 0 Å². The molecule has 0 rings (SSSR count). The molecule has 1 unspecified atom stereocenters. The van der Waals surface area contributed by atoms with E-state index in [1.54, 1.807) is 0 Å². The van der Waals surface area contributed by atoms with Gasteiger partial charge in [0, 0.05) is 6.61 Å². The zero-order chi connectivity index (χ0) is 6.41. The van der Waals surface area contributed by atoms with Gasteiger partial charge in [-0.05, 0) is 19.0 Å². The Morgan fingerprint density at radius 1 is 1.38 bits per heavy atom. The van der Waals surface area contributed by atoms with Crippen LogP contribution in [0.15, 0.2) is 0 Å². The van der Waals surface area contributed by atoms with Gasteiger partial charge in [0.25, 0.3) is 0 Å². The summed E-state index contributed by atoms with van der Waals surface area (Å²) in [5.41, 5.74) is 0. The molecule has 2 heteroatoms. The van der Waals surface area contributed by atoms with E-state index in [2.05, 4.69) is 20.4 Å². The highest BCUT2D eigenvalue weighted by Gasteiger charge is 1.97. The Labute approximate surface area is 53.8 Å². The van der Waals surface area contributed by atoms with Crippen molar-refractivity contribution in [2.24, 2.45) is 0 Å². The van der Waals surface area contributed by atoms with Crippen LogP contribution in [0.2, 0.25) is 12.6 Å². The number of hydrogen-bond acceptors (Lipinski definition) is 1. The van der Waals surface area contributed by atoms with Crippen molar-refractivity contribution < 1.29 is 4.43 Å². The van der Waals surface area contributed by atoms with Crippen LogP contribution in [0.1, 0.15) is 20.3 Å². The summed E-state index contributed by atoms with van der Waals surface area (Å²) in [6, 6.07) is 1.26. The largest absolute Gasteiger partial charge is 0.420 e. The maximum absolute atomic E-state index is 5.48. The molecule has 0 aromatic heterocycles. The van der Waals surface area contributed by atoms with Crippen molar-refractivity contribution in [3.8, 4) is 0 Å². The Morgan fingerprint density at radius 3 is 2.38 bits per heavy atom. The molecule has 0 N–H and O–H groups in total. The smallest absolute Gasteiger partial charge is 0.173 e. The van der Waals surface area contributed by atoms with E-state index in [1.807, 2.05) is 0 Å². The first-order chi connectivity index (χ1) is 3.81. The lowest BCUT2D eigenvalue weighted by molar-refractivity contribution is 0.322. The predicted molar refractivity (Wildman–Crippen MR) is 39.7 cm³/mol. The maximum Gasteiger partial charge on any atom is 0.173 e. The molecule has 0 aliphatic heterocycles. The molecule has 0 saturated heterocycles. The summed E-state index contributed by atoms with van der Waals surface area (Å²) >= 11 is 0. The van der Waals surface area contributed by atoms with Crippen molar-refractivity contribution in [3.63, 3.8) is 0 Å². The fourth-order valence-corrected chi connectivity index (χ4v) is 1.31. The molecule has 0 aliphatic carbocycles. The Morgan fingerprint density at radius 2 is 2.00 bits per heavy atom. The van der Waals surface area contributed by atoms with Crippen LogP contribution in [0, 0.1) is 0 Å². The highest BCUT2D eigenvalue weighted by Crippen LogP contribution is 1.92. The molecule has 0 bridgehead atoms. The van der Waals surface area contributed by atoms with Crippen molar-refractivity contribution in [3.05, 3.63) is 0 Å². The van der Waals surface area contributed by atoms with Crippen LogP contribution in [-0.4, -0.2) is 15.6 Å². The average Bonchev–Trinajstić information content (AvgIpc) is 1.83. The predicted octanol–water partition coefficient (Wildman–Crippen LogP) is 1.79. The highest BCUT2D eigenvalue weighted by molar-refractivity contribution is 6.49. The molecule has 0 heterocycles. The van der Waals surface area contributed by atoms with E-state index in [1.165, 1.54) is 6.04 Å². The topological polar surface area (TPSA) is 9.23 Å². The van der Waals surface area contributed by atoms with Crippen LogP contribution < -0.4 is 0 Å². The fourth-order valence-electron chi connectivity index (χ4n) is 0.437. The zero-order valence-electron chi connectivity index (χ0n) is 6.11. The molecular weight excluding hydrogens is 116 g/mol. The van der Waals surface area contributed by atoms with E-state index in [4.69, 9.17) is 4.43 Å².